The Morgan fingerprint density at radius 1 is 1.33 bits per heavy atom. The van der Waals surface area contributed by atoms with Gasteiger partial charge in [-0.3, -0.25) is 0 Å². The van der Waals surface area contributed by atoms with Crippen LogP contribution in [0.15, 0.2) is 24.3 Å². The maximum atomic E-state index is 5.20. The quantitative estimate of drug-likeness (QED) is 0.750. The van der Waals surface area contributed by atoms with E-state index >= 15 is 0 Å². The molecule has 0 atom stereocenters. The van der Waals surface area contributed by atoms with Crippen molar-refractivity contribution < 1.29 is 4.74 Å². The largest absolute Gasteiger partial charge is 0.481 e. The molecule has 0 spiro atoms. The van der Waals surface area contributed by atoms with Crippen LogP contribution in [0.5, 0.6) is 5.88 Å². The molecule has 2 heterocycles. The van der Waals surface area contributed by atoms with Gasteiger partial charge >= 0.3 is 0 Å². The fourth-order valence-electron chi connectivity index (χ4n) is 2.05. The highest BCUT2D eigenvalue weighted by Crippen LogP contribution is 2.24. The third kappa shape index (κ3) is 1.55. The summed E-state index contributed by atoms with van der Waals surface area (Å²) < 4.78 is 6.89. The van der Waals surface area contributed by atoms with Gasteiger partial charge in [0.15, 0.2) is 5.82 Å². The summed E-state index contributed by atoms with van der Waals surface area (Å²) in [6, 6.07) is 7.94. The number of para-hydroxylation sites is 1. The van der Waals surface area contributed by atoms with Gasteiger partial charge in [0.25, 0.3) is 0 Å². The molecular weight excluding hydrogens is 228 g/mol. The lowest BCUT2D eigenvalue weighted by Gasteiger charge is -1.95. The van der Waals surface area contributed by atoms with Gasteiger partial charge in [0.1, 0.15) is 5.69 Å². The second-order valence-electron chi connectivity index (χ2n) is 4.25. The summed E-state index contributed by atoms with van der Waals surface area (Å²) in [5, 5.41) is 4.37. The minimum absolute atomic E-state index is 0.710. The van der Waals surface area contributed by atoms with Crippen molar-refractivity contribution in [2.75, 3.05) is 7.11 Å². The molecule has 0 saturated carbocycles. The topological polar surface area (TPSA) is 55.7 Å². The smallest absolute Gasteiger partial charge is 0.211 e. The molecule has 3 aromatic rings. The summed E-state index contributed by atoms with van der Waals surface area (Å²) in [4.78, 5) is 7.86. The number of methoxy groups -OCH3 is 1. The number of rotatable bonds is 2. The number of aromatic nitrogens is 4. The average molecular weight is 242 g/mol. The van der Waals surface area contributed by atoms with Crippen LogP contribution in [0.25, 0.3) is 22.6 Å². The van der Waals surface area contributed by atoms with E-state index in [0.29, 0.717) is 5.88 Å². The molecule has 0 radical (unpaired) electrons. The minimum Gasteiger partial charge on any atom is -0.481 e. The molecule has 5 heteroatoms. The van der Waals surface area contributed by atoms with Crippen LogP contribution in [0.1, 0.15) is 5.56 Å². The number of benzene rings is 1. The Bertz CT molecular complexity index is 711. The van der Waals surface area contributed by atoms with Crippen LogP contribution in [0.4, 0.5) is 0 Å². The van der Waals surface area contributed by atoms with Crippen LogP contribution in [-0.4, -0.2) is 26.9 Å². The molecule has 18 heavy (non-hydrogen) atoms. The van der Waals surface area contributed by atoms with E-state index in [-0.39, 0.29) is 0 Å². The van der Waals surface area contributed by atoms with E-state index in [2.05, 4.69) is 15.1 Å². The monoisotopic (exact) mass is 242 g/mol. The van der Waals surface area contributed by atoms with Crippen LogP contribution < -0.4 is 4.74 Å². The lowest BCUT2D eigenvalue weighted by Crippen LogP contribution is -1.94. The molecule has 0 bridgehead atoms. The normalized spacial score (nSPS) is 11.1. The van der Waals surface area contributed by atoms with Gasteiger partial charge in [0, 0.05) is 13.1 Å². The first-order valence-corrected chi connectivity index (χ1v) is 5.73. The summed E-state index contributed by atoms with van der Waals surface area (Å²) >= 11 is 0. The van der Waals surface area contributed by atoms with Gasteiger partial charge < -0.3 is 9.72 Å². The number of aryl methyl sites for hydroxylation is 2. The molecule has 1 N–H and O–H groups in total. The maximum absolute atomic E-state index is 5.20. The molecule has 0 unspecified atom stereocenters. The lowest BCUT2D eigenvalue weighted by molar-refractivity contribution is 0.373. The summed E-state index contributed by atoms with van der Waals surface area (Å²) in [7, 11) is 3.47. The summed E-state index contributed by atoms with van der Waals surface area (Å²) in [6.45, 7) is 2.05. The van der Waals surface area contributed by atoms with E-state index in [1.54, 1.807) is 11.8 Å². The zero-order valence-corrected chi connectivity index (χ0v) is 10.6. The van der Waals surface area contributed by atoms with Gasteiger partial charge in [-0.15, -0.1) is 0 Å². The van der Waals surface area contributed by atoms with Gasteiger partial charge in [-0.05, 0) is 18.6 Å². The Hall–Kier alpha value is -2.30. The molecule has 5 nitrogen and oxygen atoms in total. The van der Waals surface area contributed by atoms with Crippen molar-refractivity contribution in [3.63, 3.8) is 0 Å². The minimum atomic E-state index is 0.710. The van der Waals surface area contributed by atoms with Gasteiger partial charge in [-0.2, -0.15) is 5.10 Å². The first kappa shape index (κ1) is 10.8. The standard InChI is InChI=1S/C13H14N4O/c1-8-5-4-6-9-12(8)15-13(14-9)10-7-11(18-3)17(2)16-10/h4-7H,1-3H3,(H,14,15). The van der Waals surface area contributed by atoms with Gasteiger partial charge in [-0.1, -0.05) is 12.1 Å². The number of imidazole rings is 1. The van der Waals surface area contributed by atoms with Crippen molar-refractivity contribution >= 4 is 11.0 Å². The number of fused-ring (bicyclic) bond motifs is 1. The molecule has 0 aliphatic heterocycles. The fraction of sp³-hybridized carbons (Fsp3) is 0.231. The highest BCUT2D eigenvalue weighted by molar-refractivity contribution is 5.81. The zero-order chi connectivity index (χ0) is 12.7. The van der Waals surface area contributed by atoms with E-state index in [1.807, 2.05) is 38.2 Å². The van der Waals surface area contributed by atoms with E-state index in [0.717, 1.165) is 28.1 Å². The average Bonchev–Trinajstić information content (AvgIpc) is 2.93. The van der Waals surface area contributed by atoms with Crippen LogP contribution in [0.3, 0.4) is 0 Å². The van der Waals surface area contributed by atoms with Crippen molar-refractivity contribution in [3.05, 3.63) is 29.8 Å². The Kier molecular flexibility index (Phi) is 2.33. The number of aromatic amines is 1. The van der Waals surface area contributed by atoms with Crippen LogP contribution >= 0.6 is 0 Å². The SMILES string of the molecule is COc1cc(-c2nc3c(C)cccc3[nH]2)nn1C. The fourth-order valence-corrected chi connectivity index (χ4v) is 2.05. The molecule has 0 fully saturated rings. The molecular formula is C13H14N4O. The third-order valence-electron chi connectivity index (χ3n) is 3.00. The Labute approximate surface area is 104 Å². The van der Waals surface area contributed by atoms with E-state index in [1.165, 1.54) is 0 Å². The second kappa shape index (κ2) is 3.87. The van der Waals surface area contributed by atoms with E-state index < -0.39 is 0 Å². The number of H-pyrrole nitrogens is 1. The van der Waals surface area contributed by atoms with Crippen molar-refractivity contribution in [3.8, 4) is 17.4 Å². The second-order valence-corrected chi connectivity index (χ2v) is 4.25. The first-order valence-electron chi connectivity index (χ1n) is 5.73. The number of ether oxygens (including phenoxy) is 1. The Balaban J connectivity index is 2.16. The molecule has 3 rings (SSSR count). The van der Waals surface area contributed by atoms with Crippen molar-refractivity contribution in [2.24, 2.45) is 7.05 Å². The first-order chi connectivity index (χ1) is 8.69. The third-order valence-corrected chi connectivity index (χ3v) is 3.00. The Morgan fingerprint density at radius 2 is 2.17 bits per heavy atom. The van der Waals surface area contributed by atoms with Gasteiger partial charge in [0.2, 0.25) is 5.88 Å². The van der Waals surface area contributed by atoms with Crippen molar-refractivity contribution in [1.29, 1.82) is 0 Å². The zero-order valence-electron chi connectivity index (χ0n) is 10.6. The molecule has 2 aromatic heterocycles. The van der Waals surface area contributed by atoms with Crippen molar-refractivity contribution in [1.82, 2.24) is 19.7 Å². The van der Waals surface area contributed by atoms with Crippen LogP contribution in [-0.2, 0) is 7.05 Å². The molecule has 0 saturated heterocycles. The summed E-state index contributed by atoms with van der Waals surface area (Å²) in [5.74, 6) is 1.47. The number of nitrogens with one attached hydrogen (secondary N) is 1. The highest BCUT2D eigenvalue weighted by atomic mass is 16.5. The molecule has 92 valence electrons. The molecule has 0 aliphatic carbocycles. The van der Waals surface area contributed by atoms with Crippen LogP contribution in [0.2, 0.25) is 0 Å². The number of nitrogens with zero attached hydrogens (tertiary/aromatic N) is 3. The summed E-state index contributed by atoms with van der Waals surface area (Å²) in [5.41, 5.74) is 3.94. The van der Waals surface area contributed by atoms with E-state index in [4.69, 9.17) is 4.74 Å². The number of hydrogen-bond acceptors (Lipinski definition) is 3. The summed E-state index contributed by atoms with van der Waals surface area (Å²) in [6.07, 6.45) is 0. The van der Waals surface area contributed by atoms with Crippen molar-refractivity contribution in [2.45, 2.75) is 6.92 Å². The van der Waals surface area contributed by atoms with Crippen LogP contribution in [0, 0.1) is 6.92 Å². The molecule has 0 amide bonds. The van der Waals surface area contributed by atoms with E-state index in [9.17, 15) is 0 Å². The Morgan fingerprint density at radius 3 is 2.83 bits per heavy atom. The van der Waals surface area contributed by atoms with Gasteiger partial charge in [0.05, 0.1) is 18.1 Å². The molecule has 0 aliphatic rings. The van der Waals surface area contributed by atoms with Gasteiger partial charge in [-0.25, -0.2) is 9.67 Å². The number of hydrogen-bond donors (Lipinski definition) is 1. The molecule has 1 aromatic carbocycles. The predicted octanol–water partition coefficient (Wildman–Crippen LogP) is 2.28. The predicted molar refractivity (Wildman–Crippen MR) is 69.6 cm³/mol. The lowest BCUT2D eigenvalue weighted by atomic mass is 10.2. The maximum Gasteiger partial charge on any atom is 0.211 e. The highest BCUT2D eigenvalue weighted by Gasteiger charge is 2.12.